The van der Waals surface area contributed by atoms with E-state index in [0.717, 1.165) is 42.8 Å². The van der Waals surface area contributed by atoms with Crippen molar-refractivity contribution in [3.63, 3.8) is 0 Å². The number of benzene rings is 1. The van der Waals surface area contributed by atoms with Crippen LogP contribution >= 0.6 is 0 Å². The van der Waals surface area contributed by atoms with E-state index >= 15 is 0 Å². The van der Waals surface area contributed by atoms with Gasteiger partial charge in [-0.3, -0.25) is 4.79 Å². The predicted octanol–water partition coefficient (Wildman–Crippen LogP) is 1.37. The highest BCUT2D eigenvalue weighted by molar-refractivity contribution is 5.79. The highest BCUT2D eigenvalue weighted by atomic mass is 19.1. The van der Waals surface area contributed by atoms with Gasteiger partial charge in [0.25, 0.3) is 0 Å². The van der Waals surface area contributed by atoms with Crippen molar-refractivity contribution in [3.05, 3.63) is 29.8 Å². The maximum atomic E-state index is 13.3. The molecule has 1 aromatic heterocycles. The lowest BCUT2D eigenvalue weighted by molar-refractivity contribution is -0.125. The van der Waals surface area contributed by atoms with Gasteiger partial charge in [-0.1, -0.05) is 0 Å². The fourth-order valence-corrected chi connectivity index (χ4v) is 2.96. The summed E-state index contributed by atoms with van der Waals surface area (Å²) in [5, 5.41) is 6.24. The first kappa shape index (κ1) is 15.0. The fraction of sp³-hybridized carbons (Fsp3) is 0.500. The van der Waals surface area contributed by atoms with Crippen molar-refractivity contribution in [2.75, 3.05) is 19.6 Å². The van der Waals surface area contributed by atoms with Gasteiger partial charge in [0.1, 0.15) is 11.6 Å². The fourth-order valence-electron chi connectivity index (χ4n) is 2.96. The van der Waals surface area contributed by atoms with E-state index in [9.17, 15) is 9.18 Å². The van der Waals surface area contributed by atoms with Crippen LogP contribution < -0.4 is 10.6 Å². The summed E-state index contributed by atoms with van der Waals surface area (Å²) in [5.74, 6) is 0.842. The molecule has 0 aliphatic carbocycles. The number of nitrogens with zero attached hydrogens (tertiary/aromatic N) is 2. The number of carbonyl (C=O) groups is 1. The van der Waals surface area contributed by atoms with E-state index in [-0.39, 0.29) is 17.6 Å². The molecule has 0 unspecified atom stereocenters. The van der Waals surface area contributed by atoms with Gasteiger partial charge in [-0.15, -0.1) is 0 Å². The Kier molecular flexibility index (Phi) is 4.38. The second kappa shape index (κ2) is 6.44. The number of fused-ring (bicyclic) bond motifs is 1. The summed E-state index contributed by atoms with van der Waals surface area (Å²) in [6.45, 7) is 2.38. The SMILES string of the molecule is Cn1c(CCNC(=O)C2CCNCC2)nc2ccc(F)cc21. The van der Waals surface area contributed by atoms with Gasteiger partial charge in [-0.2, -0.15) is 0 Å². The maximum Gasteiger partial charge on any atom is 0.223 e. The summed E-state index contributed by atoms with van der Waals surface area (Å²) < 4.78 is 15.2. The number of aromatic nitrogens is 2. The van der Waals surface area contributed by atoms with Crippen LogP contribution in [0.15, 0.2) is 18.2 Å². The summed E-state index contributed by atoms with van der Waals surface area (Å²) in [6, 6.07) is 4.58. The van der Waals surface area contributed by atoms with E-state index in [2.05, 4.69) is 15.6 Å². The number of aryl methyl sites for hydroxylation is 1. The van der Waals surface area contributed by atoms with Crippen LogP contribution in [0.3, 0.4) is 0 Å². The summed E-state index contributed by atoms with van der Waals surface area (Å²) in [7, 11) is 1.87. The van der Waals surface area contributed by atoms with Gasteiger partial charge >= 0.3 is 0 Å². The monoisotopic (exact) mass is 304 g/mol. The third-order valence-electron chi connectivity index (χ3n) is 4.29. The van der Waals surface area contributed by atoms with Gasteiger partial charge in [-0.25, -0.2) is 9.37 Å². The first-order valence-electron chi connectivity index (χ1n) is 7.74. The Bertz CT molecular complexity index is 676. The Morgan fingerprint density at radius 3 is 3.00 bits per heavy atom. The smallest absolute Gasteiger partial charge is 0.223 e. The zero-order valence-corrected chi connectivity index (χ0v) is 12.7. The lowest BCUT2D eigenvalue weighted by Crippen LogP contribution is -2.38. The van der Waals surface area contributed by atoms with Crippen LogP contribution in [0.5, 0.6) is 0 Å². The molecule has 1 fully saturated rings. The van der Waals surface area contributed by atoms with E-state index in [1.54, 1.807) is 6.07 Å². The summed E-state index contributed by atoms with van der Waals surface area (Å²) in [5.41, 5.74) is 1.56. The van der Waals surface area contributed by atoms with Crippen molar-refractivity contribution in [3.8, 4) is 0 Å². The Hall–Kier alpha value is -1.95. The van der Waals surface area contributed by atoms with Crippen molar-refractivity contribution >= 4 is 16.9 Å². The molecule has 118 valence electrons. The van der Waals surface area contributed by atoms with Gasteiger partial charge in [0.2, 0.25) is 5.91 Å². The van der Waals surface area contributed by atoms with Crippen LogP contribution in [0.4, 0.5) is 4.39 Å². The zero-order chi connectivity index (χ0) is 15.5. The first-order chi connectivity index (χ1) is 10.6. The zero-order valence-electron chi connectivity index (χ0n) is 12.7. The number of rotatable bonds is 4. The number of carbonyl (C=O) groups excluding carboxylic acids is 1. The van der Waals surface area contributed by atoms with Gasteiger partial charge in [-0.05, 0) is 44.1 Å². The molecule has 0 atom stereocenters. The maximum absolute atomic E-state index is 13.3. The molecule has 5 nitrogen and oxygen atoms in total. The number of amides is 1. The molecule has 1 aromatic carbocycles. The Labute approximate surface area is 128 Å². The third-order valence-corrected chi connectivity index (χ3v) is 4.29. The normalized spacial score (nSPS) is 16.1. The molecule has 0 radical (unpaired) electrons. The average Bonchev–Trinajstić information content (AvgIpc) is 2.84. The van der Waals surface area contributed by atoms with E-state index < -0.39 is 0 Å². The summed E-state index contributed by atoms with van der Waals surface area (Å²) >= 11 is 0. The molecular formula is C16H21FN4O. The van der Waals surface area contributed by atoms with Gasteiger partial charge in [0.05, 0.1) is 11.0 Å². The van der Waals surface area contributed by atoms with Crippen molar-refractivity contribution < 1.29 is 9.18 Å². The van der Waals surface area contributed by atoms with Crippen LogP contribution in [-0.4, -0.2) is 35.1 Å². The topological polar surface area (TPSA) is 59.0 Å². The largest absolute Gasteiger partial charge is 0.355 e. The molecule has 0 bridgehead atoms. The molecule has 1 amide bonds. The number of hydrogen-bond donors (Lipinski definition) is 2. The van der Waals surface area contributed by atoms with Crippen molar-refractivity contribution in [1.29, 1.82) is 0 Å². The van der Waals surface area contributed by atoms with Gasteiger partial charge in [0.15, 0.2) is 0 Å². The van der Waals surface area contributed by atoms with Gasteiger partial charge < -0.3 is 15.2 Å². The molecule has 1 aliphatic heterocycles. The highest BCUT2D eigenvalue weighted by Crippen LogP contribution is 2.16. The Morgan fingerprint density at radius 1 is 1.45 bits per heavy atom. The van der Waals surface area contributed by atoms with E-state index in [0.29, 0.717) is 13.0 Å². The minimum absolute atomic E-state index is 0.121. The van der Waals surface area contributed by atoms with Gasteiger partial charge in [0, 0.05) is 25.9 Å². The lowest BCUT2D eigenvalue weighted by atomic mass is 9.97. The van der Waals surface area contributed by atoms with Crippen molar-refractivity contribution in [1.82, 2.24) is 20.2 Å². The molecular weight excluding hydrogens is 283 g/mol. The Balaban J connectivity index is 1.59. The van der Waals surface area contributed by atoms with E-state index in [4.69, 9.17) is 0 Å². The lowest BCUT2D eigenvalue weighted by Gasteiger charge is -2.21. The van der Waals surface area contributed by atoms with Crippen LogP contribution in [0.2, 0.25) is 0 Å². The summed E-state index contributed by atoms with van der Waals surface area (Å²) in [6.07, 6.45) is 2.44. The minimum Gasteiger partial charge on any atom is -0.355 e. The molecule has 3 rings (SSSR count). The van der Waals surface area contributed by atoms with Crippen LogP contribution in [0.25, 0.3) is 11.0 Å². The second-order valence-electron chi connectivity index (χ2n) is 5.79. The molecule has 0 saturated carbocycles. The molecule has 1 saturated heterocycles. The second-order valence-corrected chi connectivity index (χ2v) is 5.79. The number of hydrogen-bond acceptors (Lipinski definition) is 3. The highest BCUT2D eigenvalue weighted by Gasteiger charge is 2.20. The number of imidazole rings is 1. The molecule has 0 spiro atoms. The standard InChI is InChI=1S/C16H21FN4O/c1-21-14-10-12(17)2-3-13(14)20-15(21)6-9-19-16(22)11-4-7-18-8-5-11/h2-3,10-11,18H,4-9H2,1H3,(H,19,22). The quantitative estimate of drug-likeness (QED) is 0.897. The average molecular weight is 304 g/mol. The third kappa shape index (κ3) is 3.11. The van der Waals surface area contributed by atoms with E-state index in [1.165, 1.54) is 12.1 Å². The number of nitrogens with one attached hydrogen (secondary N) is 2. The van der Waals surface area contributed by atoms with Crippen LogP contribution in [-0.2, 0) is 18.3 Å². The van der Waals surface area contributed by atoms with Crippen molar-refractivity contribution in [2.45, 2.75) is 19.3 Å². The number of piperidine rings is 1. The minimum atomic E-state index is -0.263. The molecule has 1 aliphatic rings. The number of halogens is 1. The molecule has 22 heavy (non-hydrogen) atoms. The first-order valence-corrected chi connectivity index (χ1v) is 7.74. The molecule has 2 N–H and O–H groups in total. The van der Waals surface area contributed by atoms with Crippen LogP contribution in [0.1, 0.15) is 18.7 Å². The van der Waals surface area contributed by atoms with E-state index in [1.807, 2.05) is 11.6 Å². The molecule has 2 aromatic rings. The predicted molar refractivity (Wildman–Crippen MR) is 83.0 cm³/mol. The summed E-state index contributed by atoms with van der Waals surface area (Å²) in [4.78, 5) is 16.6. The van der Waals surface area contributed by atoms with Crippen molar-refractivity contribution in [2.24, 2.45) is 13.0 Å². The van der Waals surface area contributed by atoms with Crippen LogP contribution in [0, 0.1) is 11.7 Å². The molecule has 6 heteroatoms. The molecule has 2 heterocycles. The Morgan fingerprint density at radius 2 is 2.23 bits per heavy atom.